The molecule has 0 aliphatic heterocycles. The van der Waals surface area contributed by atoms with Gasteiger partial charge < -0.3 is 11.1 Å². The molecule has 0 saturated heterocycles. The van der Waals surface area contributed by atoms with Gasteiger partial charge in [0.05, 0.1) is 5.69 Å². The van der Waals surface area contributed by atoms with Crippen LogP contribution in [0.15, 0.2) is 30.3 Å². The summed E-state index contributed by atoms with van der Waals surface area (Å²) < 4.78 is 40.6. The second-order valence-electron chi connectivity index (χ2n) is 3.97. The molecule has 0 aliphatic carbocycles. The van der Waals surface area contributed by atoms with Crippen molar-refractivity contribution in [1.82, 2.24) is 0 Å². The molecule has 5 heteroatoms. The highest BCUT2D eigenvalue weighted by Crippen LogP contribution is 2.27. The molecule has 3 N–H and O–H groups in total. The van der Waals surface area contributed by atoms with Gasteiger partial charge >= 0.3 is 0 Å². The summed E-state index contributed by atoms with van der Waals surface area (Å²) in [5.41, 5.74) is 5.56. The van der Waals surface area contributed by atoms with Crippen molar-refractivity contribution in [2.75, 3.05) is 11.1 Å². The van der Waals surface area contributed by atoms with Crippen LogP contribution in [0, 0.1) is 24.4 Å². The zero-order valence-electron chi connectivity index (χ0n) is 9.60. The Kier molecular flexibility index (Phi) is 3.14. The van der Waals surface area contributed by atoms with E-state index in [2.05, 4.69) is 5.32 Å². The fraction of sp³-hybridized carbons (Fsp3) is 0.0769. The van der Waals surface area contributed by atoms with Crippen LogP contribution in [0.1, 0.15) is 5.56 Å². The fourth-order valence-corrected chi connectivity index (χ4v) is 1.57. The van der Waals surface area contributed by atoms with Crippen LogP contribution in [0.2, 0.25) is 0 Å². The first-order valence-corrected chi connectivity index (χ1v) is 5.25. The minimum Gasteiger partial charge on any atom is -0.399 e. The van der Waals surface area contributed by atoms with Gasteiger partial charge in [0, 0.05) is 5.69 Å². The second-order valence-corrected chi connectivity index (χ2v) is 3.97. The van der Waals surface area contributed by atoms with Crippen molar-refractivity contribution in [3.8, 4) is 0 Å². The highest BCUT2D eigenvalue weighted by Gasteiger charge is 2.12. The molecule has 18 heavy (non-hydrogen) atoms. The van der Waals surface area contributed by atoms with E-state index in [0.717, 1.165) is 17.7 Å². The topological polar surface area (TPSA) is 38.0 Å². The first kappa shape index (κ1) is 12.3. The zero-order valence-corrected chi connectivity index (χ0v) is 9.60. The number of nitrogen functional groups attached to an aromatic ring is 1. The van der Waals surface area contributed by atoms with Gasteiger partial charge in [0.1, 0.15) is 11.5 Å². The number of nitrogens with one attached hydrogen (secondary N) is 1. The number of anilines is 3. The van der Waals surface area contributed by atoms with Crippen molar-refractivity contribution < 1.29 is 13.2 Å². The summed E-state index contributed by atoms with van der Waals surface area (Å²) in [5.74, 6) is -2.31. The highest BCUT2D eigenvalue weighted by atomic mass is 19.1. The Hall–Kier alpha value is -2.17. The molecule has 0 heterocycles. The maximum atomic E-state index is 13.5. The van der Waals surface area contributed by atoms with E-state index in [1.807, 2.05) is 0 Å². The SMILES string of the molecule is Cc1ccc(Nc2c(F)cc(N)cc2F)c(F)c1. The number of rotatable bonds is 2. The van der Waals surface area contributed by atoms with Crippen molar-refractivity contribution in [2.45, 2.75) is 6.92 Å². The average molecular weight is 252 g/mol. The zero-order chi connectivity index (χ0) is 13.3. The van der Waals surface area contributed by atoms with Crippen molar-refractivity contribution in [3.63, 3.8) is 0 Å². The third-order valence-electron chi connectivity index (χ3n) is 2.45. The molecule has 94 valence electrons. The van der Waals surface area contributed by atoms with E-state index >= 15 is 0 Å². The Balaban J connectivity index is 2.40. The molecule has 0 bridgehead atoms. The number of hydrogen-bond acceptors (Lipinski definition) is 2. The molecule has 0 aromatic heterocycles. The molecule has 0 aliphatic rings. The average Bonchev–Trinajstić information content (AvgIpc) is 2.25. The predicted molar refractivity (Wildman–Crippen MR) is 65.2 cm³/mol. The quantitative estimate of drug-likeness (QED) is 0.799. The molecule has 0 radical (unpaired) electrons. The number of benzene rings is 2. The Bertz CT molecular complexity index is 574. The van der Waals surface area contributed by atoms with E-state index in [1.165, 1.54) is 12.1 Å². The lowest BCUT2D eigenvalue weighted by atomic mass is 10.2. The van der Waals surface area contributed by atoms with Gasteiger partial charge in [-0.3, -0.25) is 0 Å². The molecule has 2 nitrogen and oxygen atoms in total. The van der Waals surface area contributed by atoms with Crippen LogP contribution < -0.4 is 11.1 Å². The van der Waals surface area contributed by atoms with Crippen LogP contribution in [-0.2, 0) is 0 Å². The standard InChI is InChI=1S/C13H11F3N2/c1-7-2-3-12(9(14)4-7)18-13-10(15)5-8(17)6-11(13)16/h2-6,18H,17H2,1H3. The Morgan fingerprint density at radius 3 is 2.11 bits per heavy atom. The van der Waals surface area contributed by atoms with Gasteiger partial charge in [-0.2, -0.15) is 0 Å². The van der Waals surface area contributed by atoms with E-state index < -0.39 is 23.1 Å². The first-order chi connectivity index (χ1) is 8.47. The molecule has 0 spiro atoms. The lowest BCUT2D eigenvalue weighted by Crippen LogP contribution is -2.01. The second kappa shape index (κ2) is 4.60. The van der Waals surface area contributed by atoms with Gasteiger partial charge in [-0.1, -0.05) is 6.07 Å². The van der Waals surface area contributed by atoms with Crippen LogP contribution in [0.4, 0.5) is 30.2 Å². The molecule has 0 saturated carbocycles. The molecule has 2 aromatic rings. The van der Waals surface area contributed by atoms with Gasteiger partial charge in [-0.05, 0) is 36.8 Å². The molecule has 0 unspecified atom stereocenters. The smallest absolute Gasteiger partial charge is 0.151 e. The van der Waals surface area contributed by atoms with E-state index in [1.54, 1.807) is 13.0 Å². The number of halogens is 3. The maximum Gasteiger partial charge on any atom is 0.151 e. The van der Waals surface area contributed by atoms with Gasteiger partial charge in [0.2, 0.25) is 0 Å². The Morgan fingerprint density at radius 1 is 0.944 bits per heavy atom. The van der Waals surface area contributed by atoms with Gasteiger partial charge in [0.15, 0.2) is 11.6 Å². The van der Waals surface area contributed by atoms with Crippen molar-refractivity contribution in [2.24, 2.45) is 0 Å². The monoisotopic (exact) mass is 252 g/mol. The number of hydrogen-bond donors (Lipinski definition) is 2. The summed E-state index contributed by atoms with van der Waals surface area (Å²) in [6, 6.07) is 6.27. The molecular formula is C13H11F3N2. The minimum atomic E-state index is -0.868. The maximum absolute atomic E-state index is 13.5. The van der Waals surface area contributed by atoms with Gasteiger partial charge in [0.25, 0.3) is 0 Å². The highest BCUT2D eigenvalue weighted by molar-refractivity contribution is 5.64. The van der Waals surface area contributed by atoms with E-state index in [4.69, 9.17) is 5.73 Å². The summed E-state index contributed by atoms with van der Waals surface area (Å²) >= 11 is 0. The summed E-state index contributed by atoms with van der Waals surface area (Å²) in [7, 11) is 0. The largest absolute Gasteiger partial charge is 0.399 e. The third kappa shape index (κ3) is 2.40. The summed E-state index contributed by atoms with van der Waals surface area (Å²) in [4.78, 5) is 0. The predicted octanol–water partition coefficient (Wildman–Crippen LogP) is 3.74. The fourth-order valence-electron chi connectivity index (χ4n) is 1.57. The van der Waals surface area contributed by atoms with Crippen LogP contribution in [0.3, 0.4) is 0 Å². The van der Waals surface area contributed by atoms with Crippen LogP contribution in [-0.4, -0.2) is 0 Å². The van der Waals surface area contributed by atoms with Crippen molar-refractivity contribution >= 4 is 17.1 Å². The summed E-state index contributed by atoms with van der Waals surface area (Å²) in [6.45, 7) is 1.72. The van der Waals surface area contributed by atoms with Crippen LogP contribution >= 0.6 is 0 Å². The van der Waals surface area contributed by atoms with Gasteiger partial charge in [-0.15, -0.1) is 0 Å². The molecule has 2 aromatic carbocycles. The van der Waals surface area contributed by atoms with Crippen LogP contribution in [0.25, 0.3) is 0 Å². The lowest BCUT2D eigenvalue weighted by molar-refractivity contribution is 0.590. The molecule has 0 atom stereocenters. The number of aryl methyl sites for hydroxylation is 1. The summed E-state index contributed by atoms with van der Waals surface area (Å²) in [5, 5.41) is 2.38. The van der Waals surface area contributed by atoms with Crippen LogP contribution in [0.5, 0.6) is 0 Å². The first-order valence-electron chi connectivity index (χ1n) is 5.25. The third-order valence-corrected chi connectivity index (χ3v) is 2.45. The van der Waals surface area contributed by atoms with E-state index in [9.17, 15) is 13.2 Å². The molecule has 0 amide bonds. The minimum absolute atomic E-state index is 0.00294. The molecule has 0 fully saturated rings. The van der Waals surface area contributed by atoms with E-state index in [0.29, 0.717) is 0 Å². The Labute approximate surface area is 102 Å². The molecular weight excluding hydrogens is 241 g/mol. The summed E-state index contributed by atoms with van der Waals surface area (Å²) in [6.07, 6.45) is 0. The van der Waals surface area contributed by atoms with Crippen molar-refractivity contribution in [3.05, 3.63) is 53.3 Å². The van der Waals surface area contributed by atoms with Crippen molar-refractivity contribution in [1.29, 1.82) is 0 Å². The van der Waals surface area contributed by atoms with Gasteiger partial charge in [-0.25, -0.2) is 13.2 Å². The normalized spacial score (nSPS) is 10.4. The molecule has 2 rings (SSSR count). The number of nitrogens with two attached hydrogens (primary N) is 1. The lowest BCUT2D eigenvalue weighted by Gasteiger charge is -2.10. The Morgan fingerprint density at radius 2 is 1.56 bits per heavy atom. The van der Waals surface area contributed by atoms with E-state index in [-0.39, 0.29) is 11.4 Å².